The Bertz CT molecular complexity index is 936. The van der Waals surface area contributed by atoms with Crippen molar-refractivity contribution in [1.82, 2.24) is 9.78 Å². The van der Waals surface area contributed by atoms with Crippen LogP contribution < -0.4 is 0 Å². The number of hydrogen-bond donors (Lipinski definition) is 0. The second-order valence-electron chi connectivity index (χ2n) is 5.37. The van der Waals surface area contributed by atoms with Crippen molar-refractivity contribution in [3.63, 3.8) is 0 Å². The molecule has 3 heteroatoms. The van der Waals surface area contributed by atoms with Gasteiger partial charge in [-0.1, -0.05) is 48.5 Å². The quantitative estimate of drug-likeness (QED) is 0.530. The number of hydrogen-bond acceptors (Lipinski definition) is 2. The van der Waals surface area contributed by atoms with Crippen molar-refractivity contribution in [3.8, 4) is 5.69 Å². The second kappa shape index (κ2) is 5.54. The van der Waals surface area contributed by atoms with Gasteiger partial charge in [0.2, 0.25) is 0 Å². The van der Waals surface area contributed by atoms with Gasteiger partial charge in [0, 0.05) is 22.7 Å². The highest BCUT2D eigenvalue weighted by molar-refractivity contribution is 6.09. The maximum Gasteiger partial charge on any atom is 0.193 e. The van der Waals surface area contributed by atoms with Crippen LogP contribution in [0.5, 0.6) is 0 Å². The van der Waals surface area contributed by atoms with E-state index in [0.29, 0.717) is 11.1 Å². The monoisotopic (exact) mass is 298 g/mol. The molecule has 0 bridgehead atoms. The Morgan fingerprint density at radius 3 is 2.13 bits per heavy atom. The second-order valence-corrected chi connectivity index (χ2v) is 5.37. The minimum absolute atomic E-state index is 0.0303. The normalized spacial score (nSPS) is 10.8. The Morgan fingerprint density at radius 1 is 0.739 bits per heavy atom. The SMILES string of the molecule is O=C(c1ccccc1)c1ccc(-n2cc3ccccc3n2)cc1. The van der Waals surface area contributed by atoms with Crippen molar-refractivity contribution in [3.05, 3.63) is 96.2 Å². The summed E-state index contributed by atoms with van der Waals surface area (Å²) in [6.45, 7) is 0. The number of carbonyl (C=O) groups excluding carboxylic acids is 1. The number of rotatable bonds is 3. The van der Waals surface area contributed by atoms with E-state index in [9.17, 15) is 4.79 Å². The number of fused-ring (bicyclic) bond motifs is 1. The molecule has 0 aliphatic heterocycles. The van der Waals surface area contributed by atoms with Crippen molar-refractivity contribution < 1.29 is 4.79 Å². The zero-order chi connectivity index (χ0) is 15.6. The van der Waals surface area contributed by atoms with Crippen LogP contribution in [-0.2, 0) is 0 Å². The molecular formula is C20H14N2O. The highest BCUT2D eigenvalue weighted by Crippen LogP contribution is 2.17. The molecule has 0 fully saturated rings. The number of carbonyl (C=O) groups is 1. The maximum atomic E-state index is 12.4. The summed E-state index contributed by atoms with van der Waals surface area (Å²) < 4.78 is 1.83. The lowest BCUT2D eigenvalue weighted by Gasteiger charge is -2.04. The first kappa shape index (κ1) is 13.5. The van der Waals surface area contributed by atoms with E-state index in [1.54, 1.807) is 0 Å². The van der Waals surface area contributed by atoms with Crippen LogP contribution in [0.25, 0.3) is 16.6 Å². The summed E-state index contributed by atoms with van der Waals surface area (Å²) in [5.74, 6) is 0.0303. The van der Waals surface area contributed by atoms with Gasteiger partial charge in [-0.25, -0.2) is 4.68 Å². The molecule has 110 valence electrons. The molecule has 4 rings (SSSR count). The lowest BCUT2D eigenvalue weighted by molar-refractivity contribution is 0.103. The van der Waals surface area contributed by atoms with Crippen LogP contribution in [0.15, 0.2) is 85.1 Å². The molecule has 0 radical (unpaired) electrons. The highest BCUT2D eigenvalue weighted by Gasteiger charge is 2.09. The van der Waals surface area contributed by atoms with Crippen LogP contribution >= 0.6 is 0 Å². The fourth-order valence-corrected chi connectivity index (χ4v) is 2.62. The van der Waals surface area contributed by atoms with E-state index < -0.39 is 0 Å². The number of benzene rings is 3. The van der Waals surface area contributed by atoms with E-state index in [2.05, 4.69) is 5.10 Å². The van der Waals surface area contributed by atoms with E-state index in [-0.39, 0.29) is 5.78 Å². The lowest BCUT2D eigenvalue weighted by Crippen LogP contribution is -2.02. The Hall–Kier alpha value is -3.20. The van der Waals surface area contributed by atoms with Gasteiger partial charge in [-0.3, -0.25) is 4.79 Å². The molecule has 0 amide bonds. The first-order valence-corrected chi connectivity index (χ1v) is 7.46. The minimum Gasteiger partial charge on any atom is -0.289 e. The smallest absolute Gasteiger partial charge is 0.193 e. The van der Waals surface area contributed by atoms with Crippen molar-refractivity contribution in [2.45, 2.75) is 0 Å². The van der Waals surface area contributed by atoms with Gasteiger partial charge in [0.25, 0.3) is 0 Å². The van der Waals surface area contributed by atoms with Gasteiger partial charge in [0.15, 0.2) is 5.78 Å². The number of nitrogens with zero attached hydrogens (tertiary/aromatic N) is 2. The van der Waals surface area contributed by atoms with Crippen LogP contribution in [0.1, 0.15) is 15.9 Å². The third kappa shape index (κ3) is 2.53. The largest absolute Gasteiger partial charge is 0.289 e. The average Bonchev–Trinajstić information content (AvgIpc) is 3.06. The highest BCUT2D eigenvalue weighted by atomic mass is 16.1. The lowest BCUT2D eigenvalue weighted by atomic mass is 10.0. The minimum atomic E-state index is 0.0303. The molecule has 3 nitrogen and oxygen atoms in total. The number of ketones is 1. The molecule has 0 N–H and O–H groups in total. The zero-order valence-corrected chi connectivity index (χ0v) is 12.4. The van der Waals surface area contributed by atoms with Crippen molar-refractivity contribution >= 4 is 16.7 Å². The summed E-state index contributed by atoms with van der Waals surface area (Å²) >= 11 is 0. The van der Waals surface area contributed by atoms with E-state index in [1.165, 1.54) is 0 Å². The van der Waals surface area contributed by atoms with Crippen molar-refractivity contribution in [2.75, 3.05) is 0 Å². The molecule has 0 saturated carbocycles. The first-order valence-electron chi connectivity index (χ1n) is 7.46. The summed E-state index contributed by atoms with van der Waals surface area (Å²) in [4.78, 5) is 12.4. The van der Waals surface area contributed by atoms with Crippen LogP contribution in [0.3, 0.4) is 0 Å². The Labute approximate surface area is 133 Å². The molecule has 4 aromatic rings. The van der Waals surface area contributed by atoms with E-state index in [0.717, 1.165) is 16.6 Å². The third-order valence-corrected chi connectivity index (χ3v) is 3.84. The van der Waals surface area contributed by atoms with E-state index in [1.807, 2.05) is 89.7 Å². The molecule has 23 heavy (non-hydrogen) atoms. The Balaban J connectivity index is 1.66. The predicted molar refractivity (Wildman–Crippen MR) is 90.9 cm³/mol. The molecule has 0 unspecified atom stereocenters. The van der Waals surface area contributed by atoms with Gasteiger partial charge < -0.3 is 0 Å². The molecule has 3 aromatic carbocycles. The summed E-state index contributed by atoms with van der Waals surface area (Å²) in [6.07, 6.45) is 1.99. The van der Waals surface area contributed by atoms with Crippen molar-refractivity contribution in [2.24, 2.45) is 0 Å². The molecule has 0 aliphatic carbocycles. The fourth-order valence-electron chi connectivity index (χ4n) is 2.62. The number of aromatic nitrogens is 2. The van der Waals surface area contributed by atoms with Gasteiger partial charge in [-0.05, 0) is 30.3 Å². The Morgan fingerprint density at radius 2 is 1.39 bits per heavy atom. The molecule has 0 atom stereocenters. The van der Waals surface area contributed by atoms with Gasteiger partial charge >= 0.3 is 0 Å². The van der Waals surface area contributed by atoms with Crippen LogP contribution in [0.4, 0.5) is 0 Å². The molecular weight excluding hydrogens is 284 g/mol. The van der Waals surface area contributed by atoms with E-state index >= 15 is 0 Å². The van der Waals surface area contributed by atoms with E-state index in [4.69, 9.17) is 0 Å². The first-order chi connectivity index (χ1) is 11.3. The summed E-state index contributed by atoms with van der Waals surface area (Å²) in [5.41, 5.74) is 3.27. The van der Waals surface area contributed by atoms with Gasteiger partial charge in [0.1, 0.15) is 0 Å². The maximum absolute atomic E-state index is 12.4. The molecule has 0 saturated heterocycles. The van der Waals surface area contributed by atoms with Gasteiger partial charge in [-0.2, -0.15) is 5.10 Å². The van der Waals surface area contributed by atoms with Crippen LogP contribution in [-0.4, -0.2) is 15.6 Å². The van der Waals surface area contributed by atoms with Crippen LogP contribution in [0, 0.1) is 0 Å². The summed E-state index contributed by atoms with van der Waals surface area (Å²) in [5, 5.41) is 5.64. The van der Waals surface area contributed by atoms with Crippen molar-refractivity contribution in [1.29, 1.82) is 0 Å². The Kier molecular flexibility index (Phi) is 3.24. The molecule has 0 aliphatic rings. The molecule has 1 heterocycles. The van der Waals surface area contributed by atoms with Gasteiger partial charge in [-0.15, -0.1) is 0 Å². The molecule has 0 spiro atoms. The predicted octanol–water partition coefficient (Wildman–Crippen LogP) is 4.26. The van der Waals surface area contributed by atoms with Gasteiger partial charge in [0.05, 0.1) is 11.2 Å². The standard InChI is InChI=1S/C20H14N2O/c23-20(15-6-2-1-3-7-15)16-10-12-18(13-11-16)22-14-17-8-4-5-9-19(17)21-22/h1-14H. The topological polar surface area (TPSA) is 34.9 Å². The third-order valence-electron chi connectivity index (χ3n) is 3.84. The van der Waals surface area contributed by atoms with Crippen LogP contribution in [0.2, 0.25) is 0 Å². The summed E-state index contributed by atoms with van der Waals surface area (Å²) in [6, 6.07) is 24.8. The molecule has 1 aromatic heterocycles. The summed E-state index contributed by atoms with van der Waals surface area (Å²) in [7, 11) is 0. The average molecular weight is 298 g/mol. The fraction of sp³-hybridized carbons (Fsp3) is 0. The zero-order valence-electron chi connectivity index (χ0n) is 12.4.